The summed E-state index contributed by atoms with van der Waals surface area (Å²) in [6, 6.07) is 0. The molecular formula is C13H16O3. The van der Waals surface area contributed by atoms with E-state index >= 15 is 0 Å². The Morgan fingerprint density at radius 2 is 1.25 bits per heavy atom. The highest BCUT2D eigenvalue weighted by atomic mass is 16.6. The average Bonchev–Trinajstić information content (AvgIpc) is 2.24. The van der Waals surface area contributed by atoms with E-state index in [0.717, 1.165) is 22.3 Å². The Morgan fingerprint density at radius 1 is 0.875 bits per heavy atom. The fraction of sp³-hybridized carbons (Fsp3) is 0.385. The van der Waals surface area contributed by atoms with E-state index in [1.165, 1.54) is 5.56 Å². The molecule has 0 aliphatic carbocycles. The topological polar surface area (TPSA) is 43.4 Å². The number of hydrogen-bond acceptors (Lipinski definition) is 3. The van der Waals surface area contributed by atoms with Crippen LogP contribution in [-0.2, 0) is 9.53 Å². The van der Waals surface area contributed by atoms with E-state index < -0.39 is 5.97 Å². The maximum Gasteiger partial charge on any atom is 0.346 e. The minimum Gasteiger partial charge on any atom is -0.392 e. The van der Waals surface area contributed by atoms with Crippen LogP contribution in [0.4, 0.5) is 0 Å². The fourth-order valence-electron chi connectivity index (χ4n) is 1.91. The molecule has 0 N–H and O–H groups in total. The SMILES string of the molecule is Cc1c(C)c(C)c(C(=O)OC=O)c(C)c1C. The van der Waals surface area contributed by atoms with Gasteiger partial charge in [0.25, 0.3) is 0 Å². The van der Waals surface area contributed by atoms with Crippen molar-refractivity contribution in [1.82, 2.24) is 0 Å². The molecule has 0 aromatic heterocycles. The molecule has 0 saturated carbocycles. The summed E-state index contributed by atoms with van der Waals surface area (Å²) in [7, 11) is 0. The Hall–Kier alpha value is -1.64. The maximum atomic E-state index is 11.6. The molecular weight excluding hydrogens is 204 g/mol. The quantitative estimate of drug-likeness (QED) is 0.437. The Morgan fingerprint density at radius 3 is 1.62 bits per heavy atom. The van der Waals surface area contributed by atoms with Crippen molar-refractivity contribution in [2.24, 2.45) is 0 Å². The molecule has 0 saturated heterocycles. The van der Waals surface area contributed by atoms with E-state index in [1.54, 1.807) is 0 Å². The van der Waals surface area contributed by atoms with Crippen molar-refractivity contribution in [1.29, 1.82) is 0 Å². The van der Waals surface area contributed by atoms with Gasteiger partial charge in [-0.1, -0.05) is 0 Å². The summed E-state index contributed by atoms with van der Waals surface area (Å²) in [4.78, 5) is 21.9. The zero-order valence-electron chi connectivity index (χ0n) is 10.3. The Kier molecular flexibility index (Phi) is 3.48. The van der Waals surface area contributed by atoms with Crippen LogP contribution >= 0.6 is 0 Å². The number of esters is 1. The molecule has 16 heavy (non-hydrogen) atoms. The molecule has 0 unspecified atom stereocenters. The van der Waals surface area contributed by atoms with Crippen LogP contribution < -0.4 is 0 Å². The van der Waals surface area contributed by atoms with Gasteiger partial charge in [0, 0.05) is 0 Å². The monoisotopic (exact) mass is 220 g/mol. The molecule has 0 aliphatic heterocycles. The Bertz CT molecular complexity index is 430. The van der Waals surface area contributed by atoms with Crippen molar-refractivity contribution in [3.8, 4) is 0 Å². The molecule has 1 rings (SSSR count). The lowest BCUT2D eigenvalue weighted by molar-refractivity contribution is -0.123. The van der Waals surface area contributed by atoms with Gasteiger partial charge in [0.15, 0.2) is 0 Å². The predicted octanol–water partition coefficient (Wildman–Crippen LogP) is 2.54. The van der Waals surface area contributed by atoms with Crippen LogP contribution in [0.1, 0.15) is 38.2 Å². The van der Waals surface area contributed by atoms with Gasteiger partial charge in [-0.2, -0.15) is 0 Å². The third kappa shape index (κ3) is 1.85. The van der Waals surface area contributed by atoms with Crippen LogP contribution in [0.5, 0.6) is 0 Å². The largest absolute Gasteiger partial charge is 0.392 e. The van der Waals surface area contributed by atoms with Gasteiger partial charge in [-0.3, -0.25) is 4.79 Å². The van der Waals surface area contributed by atoms with Gasteiger partial charge in [-0.05, 0) is 62.4 Å². The molecule has 3 nitrogen and oxygen atoms in total. The Balaban J connectivity index is 3.51. The normalized spacial score (nSPS) is 10.1. The second-order valence-electron chi connectivity index (χ2n) is 4.00. The molecule has 3 heteroatoms. The lowest BCUT2D eigenvalue weighted by Gasteiger charge is -2.16. The average molecular weight is 220 g/mol. The second-order valence-corrected chi connectivity index (χ2v) is 4.00. The Labute approximate surface area is 95.4 Å². The summed E-state index contributed by atoms with van der Waals surface area (Å²) >= 11 is 0. The van der Waals surface area contributed by atoms with Gasteiger partial charge >= 0.3 is 12.4 Å². The molecule has 0 atom stereocenters. The summed E-state index contributed by atoms with van der Waals surface area (Å²) < 4.78 is 4.42. The zero-order chi connectivity index (χ0) is 12.5. The maximum absolute atomic E-state index is 11.6. The molecule has 0 aliphatic rings. The first kappa shape index (κ1) is 12.4. The molecule has 0 spiro atoms. The van der Waals surface area contributed by atoms with Crippen molar-refractivity contribution in [2.75, 3.05) is 0 Å². The van der Waals surface area contributed by atoms with E-state index in [1.807, 2.05) is 34.6 Å². The van der Waals surface area contributed by atoms with Gasteiger partial charge in [0.1, 0.15) is 0 Å². The van der Waals surface area contributed by atoms with Crippen LogP contribution in [0.15, 0.2) is 0 Å². The van der Waals surface area contributed by atoms with E-state index in [0.29, 0.717) is 5.56 Å². The smallest absolute Gasteiger partial charge is 0.346 e. The van der Waals surface area contributed by atoms with E-state index in [2.05, 4.69) is 4.74 Å². The molecule has 0 fully saturated rings. The zero-order valence-corrected chi connectivity index (χ0v) is 10.3. The molecule has 1 aromatic carbocycles. The number of hydrogen-bond donors (Lipinski definition) is 0. The highest BCUT2D eigenvalue weighted by Gasteiger charge is 2.18. The fourth-order valence-corrected chi connectivity index (χ4v) is 1.91. The first-order valence-corrected chi connectivity index (χ1v) is 5.13. The van der Waals surface area contributed by atoms with Crippen molar-refractivity contribution in [3.63, 3.8) is 0 Å². The van der Waals surface area contributed by atoms with Crippen molar-refractivity contribution < 1.29 is 14.3 Å². The molecule has 86 valence electrons. The first-order chi connectivity index (χ1) is 7.41. The predicted molar refractivity (Wildman–Crippen MR) is 61.6 cm³/mol. The highest BCUT2D eigenvalue weighted by Crippen LogP contribution is 2.26. The molecule has 0 amide bonds. The second kappa shape index (κ2) is 4.47. The van der Waals surface area contributed by atoms with Crippen LogP contribution in [-0.4, -0.2) is 12.4 Å². The number of benzene rings is 1. The van der Waals surface area contributed by atoms with Crippen molar-refractivity contribution in [3.05, 3.63) is 33.4 Å². The van der Waals surface area contributed by atoms with Crippen LogP contribution in [0.25, 0.3) is 0 Å². The van der Waals surface area contributed by atoms with Crippen molar-refractivity contribution >= 4 is 12.4 Å². The van der Waals surface area contributed by atoms with E-state index in [-0.39, 0.29) is 6.47 Å². The molecule has 0 radical (unpaired) electrons. The van der Waals surface area contributed by atoms with Crippen LogP contribution in [0, 0.1) is 34.6 Å². The van der Waals surface area contributed by atoms with Gasteiger partial charge < -0.3 is 4.74 Å². The highest BCUT2D eigenvalue weighted by molar-refractivity contribution is 5.96. The van der Waals surface area contributed by atoms with Crippen molar-refractivity contribution in [2.45, 2.75) is 34.6 Å². The van der Waals surface area contributed by atoms with E-state index in [9.17, 15) is 9.59 Å². The number of ether oxygens (including phenoxy) is 1. The minimum atomic E-state index is -0.573. The van der Waals surface area contributed by atoms with Gasteiger partial charge in [-0.15, -0.1) is 0 Å². The minimum absolute atomic E-state index is 0.172. The van der Waals surface area contributed by atoms with Gasteiger partial charge in [0.2, 0.25) is 0 Å². The summed E-state index contributed by atoms with van der Waals surface area (Å²) in [6.45, 7) is 9.88. The lowest BCUT2D eigenvalue weighted by atomic mass is 9.90. The van der Waals surface area contributed by atoms with Gasteiger partial charge in [0.05, 0.1) is 5.56 Å². The summed E-state index contributed by atoms with van der Waals surface area (Å²) in [6.07, 6.45) is 0. The summed E-state index contributed by atoms with van der Waals surface area (Å²) in [5.41, 5.74) is 5.59. The summed E-state index contributed by atoms with van der Waals surface area (Å²) in [5.74, 6) is -0.573. The van der Waals surface area contributed by atoms with E-state index in [4.69, 9.17) is 0 Å². The standard InChI is InChI=1S/C13H16O3/c1-7-8(2)10(4)12(11(5)9(7)3)13(15)16-6-14/h6H,1-5H3. The summed E-state index contributed by atoms with van der Waals surface area (Å²) in [5, 5.41) is 0. The number of carbonyl (C=O) groups is 2. The van der Waals surface area contributed by atoms with Crippen LogP contribution in [0.3, 0.4) is 0 Å². The van der Waals surface area contributed by atoms with Gasteiger partial charge in [-0.25, -0.2) is 4.79 Å². The number of rotatable bonds is 2. The number of carbonyl (C=O) groups excluding carboxylic acids is 2. The molecule has 0 bridgehead atoms. The van der Waals surface area contributed by atoms with Crippen LogP contribution in [0.2, 0.25) is 0 Å². The first-order valence-electron chi connectivity index (χ1n) is 5.13. The molecule has 1 aromatic rings. The third-order valence-electron chi connectivity index (χ3n) is 3.36. The third-order valence-corrected chi connectivity index (χ3v) is 3.36. The molecule has 0 heterocycles. The lowest BCUT2D eigenvalue weighted by Crippen LogP contribution is -2.11.